The molecule has 98 valence electrons. The van der Waals surface area contributed by atoms with Crippen molar-refractivity contribution in [3.8, 4) is 11.5 Å². The molecule has 1 aliphatic rings. The Morgan fingerprint density at radius 3 is 3.00 bits per heavy atom. The van der Waals surface area contributed by atoms with Crippen LogP contribution in [-0.4, -0.2) is 25.0 Å². The van der Waals surface area contributed by atoms with E-state index in [-0.39, 0.29) is 13.2 Å². The highest BCUT2D eigenvalue weighted by Crippen LogP contribution is 2.38. The first-order chi connectivity index (χ1) is 8.72. The maximum absolute atomic E-state index is 10.5. The molecule has 0 unspecified atom stereocenters. The topological polar surface area (TPSA) is 65.0 Å². The van der Waals surface area contributed by atoms with E-state index in [2.05, 4.69) is 0 Å². The molecular weight excluding hydrogens is 236 g/mol. The van der Waals surface area contributed by atoms with E-state index in [1.54, 1.807) is 7.11 Å². The summed E-state index contributed by atoms with van der Waals surface area (Å²) < 4.78 is 15.9. The molecule has 0 aliphatic carbocycles. The smallest absolute Gasteiger partial charge is 0.303 e. The van der Waals surface area contributed by atoms with Crippen LogP contribution < -0.4 is 9.47 Å². The van der Waals surface area contributed by atoms with Crippen LogP contribution in [0.5, 0.6) is 11.5 Å². The van der Waals surface area contributed by atoms with E-state index < -0.39 is 5.97 Å². The summed E-state index contributed by atoms with van der Waals surface area (Å²) in [7, 11) is 1.62. The molecule has 1 aliphatic heterocycles. The Labute approximate surface area is 105 Å². The largest absolute Gasteiger partial charge is 0.481 e. The van der Waals surface area contributed by atoms with Crippen LogP contribution in [-0.2, 0) is 22.6 Å². The second kappa shape index (κ2) is 5.73. The number of carboxylic acid groups (broad SMARTS) is 1. The van der Waals surface area contributed by atoms with Crippen molar-refractivity contribution in [2.24, 2.45) is 0 Å². The Balaban J connectivity index is 2.16. The first-order valence-electron chi connectivity index (χ1n) is 5.83. The van der Waals surface area contributed by atoms with Gasteiger partial charge in [-0.3, -0.25) is 4.79 Å². The second-order valence-corrected chi connectivity index (χ2v) is 4.12. The van der Waals surface area contributed by atoms with Crippen molar-refractivity contribution < 1.29 is 24.1 Å². The molecule has 0 bridgehead atoms. The van der Waals surface area contributed by atoms with E-state index in [1.807, 2.05) is 12.1 Å². The quantitative estimate of drug-likeness (QED) is 0.838. The molecule has 5 heteroatoms. The summed E-state index contributed by atoms with van der Waals surface area (Å²) in [5.41, 5.74) is 2.01. The van der Waals surface area contributed by atoms with Gasteiger partial charge in [-0.05, 0) is 24.5 Å². The second-order valence-electron chi connectivity index (χ2n) is 4.12. The summed E-state index contributed by atoms with van der Waals surface area (Å²) in [5, 5.41) is 8.65. The summed E-state index contributed by atoms with van der Waals surface area (Å²) in [6.45, 7) is 0.666. The maximum atomic E-state index is 10.5. The molecule has 0 fully saturated rings. The molecule has 1 heterocycles. The number of carbonyl (C=O) groups is 1. The summed E-state index contributed by atoms with van der Waals surface area (Å²) in [6.07, 6.45) is 1.47. The van der Waals surface area contributed by atoms with E-state index in [1.165, 1.54) is 0 Å². The number of aryl methyl sites for hydroxylation is 1. The van der Waals surface area contributed by atoms with Gasteiger partial charge in [0, 0.05) is 19.1 Å². The first-order valence-corrected chi connectivity index (χ1v) is 5.83. The molecule has 0 amide bonds. The summed E-state index contributed by atoms with van der Waals surface area (Å²) >= 11 is 0. The third-order valence-electron chi connectivity index (χ3n) is 2.86. The van der Waals surface area contributed by atoms with Gasteiger partial charge < -0.3 is 19.3 Å². The van der Waals surface area contributed by atoms with Crippen LogP contribution in [0.25, 0.3) is 0 Å². The lowest BCUT2D eigenvalue weighted by Gasteiger charge is -2.11. The van der Waals surface area contributed by atoms with Gasteiger partial charge in [0.1, 0.15) is 0 Å². The van der Waals surface area contributed by atoms with Crippen LogP contribution in [0.15, 0.2) is 12.1 Å². The zero-order valence-corrected chi connectivity index (χ0v) is 10.3. The molecule has 5 nitrogen and oxygen atoms in total. The van der Waals surface area contributed by atoms with E-state index in [4.69, 9.17) is 19.3 Å². The van der Waals surface area contributed by atoms with Crippen LogP contribution in [0, 0.1) is 0 Å². The van der Waals surface area contributed by atoms with Crippen LogP contribution in [0.2, 0.25) is 0 Å². The Morgan fingerprint density at radius 2 is 2.28 bits per heavy atom. The fourth-order valence-corrected chi connectivity index (χ4v) is 2.04. The number of hydrogen-bond acceptors (Lipinski definition) is 4. The minimum atomic E-state index is -0.774. The number of ether oxygens (including phenoxy) is 3. The predicted molar refractivity (Wildman–Crippen MR) is 63.9 cm³/mol. The monoisotopic (exact) mass is 252 g/mol. The van der Waals surface area contributed by atoms with Gasteiger partial charge in [-0.1, -0.05) is 6.07 Å². The Hall–Kier alpha value is -1.75. The average Bonchev–Trinajstić information content (AvgIpc) is 2.79. The molecule has 0 spiro atoms. The van der Waals surface area contributed by atoms with Gasteiger partial charge in [0.05, 0.1) is 6.61 Å². The fraction of sp³-hybridized carbons (Fsp3) is 0.462. The number of fused-ring (bicyclic) bond motifs is 1. The van der Waals surface area contributed by atoms with Crippen LogP contribution in [0.4, 0.5) is 0 Å². The zero-order chi connectivity index (χ0) is 13.0. The van der Waals surface area contributed by atoms with E-state index in [0.29, 0.717) is 19.4 Å². The van der Waals surface area contributed by atoms with E-state index in [9.17, 15) is 4.79 Å². The van der Waals surface area contributed by atoms with Crippen molar-refractivity contribution in [1.82, 2.24) is 0 Å². The number of carboxylic acids is 1. The fourth-order valence-electron chi connectivity index (χ4n) is 2.04. The highest BCUT2D eigenvalue weighted by Gasteiger charge is 2.20. The molecule has 1 aromatic carbocycles. The third-order valence-corrected chi connectivity index (χ3v) is 2.86. The van der Waals surface area contributed by atoms with Crippen molar-refractivity contribution >= 4 is 5.97 Å². The molecule has 1 N–H and O–H groups in total. The van der Waals surface area contributed by atoms with Crippen molar-refractivity contribution in [3.05, 3.63) is 23.3 Å². The van der Waals surface area contributed by atoms with Crippen molar-refractivity contribution in [1.29, 1.82) is 0 Å². The molecule has 0 saturated heterocycles. The number of rotatable bonds is 6. The molecule has 18 heavy (non-hydrogen) atoms. The zero-order valence-electron chi connectivity index (χ0n) is 10.3. The lowest BCUT2D eigenvalue weighted by molar-refractivity contribution is -0.137. The number of hydrogen-bond donors (Lipinski definition) is 1. The molecule has 1 aromatic rings. The third kappa shape index (κ3) is 2.73. The molecule has 0 atom stereocenters. The van der Waals surface area contributed by atoms with Gasteiger partial charge in [0.2, 0.25) is 6.79 Å². The van der Waals surface area contributed by atoms with Gasteiger partial charge in [-0.2, -0.15) is 0 Å². The molecular formula is C13H16O5. The SMILES string of the molecule is COCc1c(CCCC(=O)O)ccc2c1OCO2. The van der Waals surface area contributed by atoms with Gasteiger partial charge in [0.25, 0.3) is 0 Å². The minimum absolute atomic E-state index is 0.168. The van der Waals surface area contributed by atoms with E-state index >= 15 is 0 Å². The predicted octanol–water partition coefficient (Wildman–Crippen LogP) is 1.97. The highest BCUT2D eigenvalue weighted by molar-refractivity contribution is 5.66. The minimum Gasteiger partial charge on any atom is -0.481 e. The van der Waals surface area contributed by atoms with Crippen LogP contribution in [0.3, 0.4) is 0 Å². The van der Waals surface area contributed by atoms with Gasteiger partial charge in [-0.15, -0.1) is 0 Å². The Morgan fingerprint density at radius 1 is 1.44 bits per heavy atom. The van der Waals surface area contributed by atoms with Crippen molar-refractivity contribution in [2.75, 3.05) is 13.9 Å². The molecule has 0 aromatic heterocycles. The highest BCUT2D eigenvalue weighted by atomic mass is 16.7. The van der Waals surface area contributed by atoms with Crippen LogP contribution in [0.1, 0.15) is 24.0 Å². The average molecular weight is 252 g/mol. The lowest BCUT2D eigenvalue weighted by Crippen LogP contribution is -2.01. The lowest BCUT2D eigenvalue weighted by atomic mass is 10.0. The normalized spacial score (nSPS) is 12.7. The first kappa shape index (κ1) is 12.7. The van der Waals surface area contributed by atoms with Crippen molar-refractivity contribution in [2.45, 2.75) is 25.9 Å². The standard InChI is InChI=1S/C13H16O5/c1-16-7-10-9(3-2-4-12(14)15)5-6-11-13(10)18-8-17-11/h5-6H,2-4,7-8H2,1H3,(H,14,15). The Kier molecular flexibility index (Phi) is 4.04. The Bertz CT molecular complexity index is 441. The van der Waals surface area contributed by atoms with Gasteiger partial charge in [-0.25, -0.2) is 0 Å². The number of benzene rings is 1. The van der Waals surface area contributed by atoms with Crippen LogP contribution >= 0.6 is 0 Å². The van der Waals surface area contributed by atoms with Gasteiger partial charge >= 0.3 is 5.97 Å². The summed E-state index contributed by atoms with van der Waals surface area (Å²) in [6, 6.07) is 3.81. The summed E-state index contributed by atoms with van der Waals surface area (Å²) in [4.78, 5) is 10.5. The number of aliphatic carboxylic acids is 1. The number of methoxy groups -OCH3 is 1. The van der Waals surface area contributed by atoms with Crippen molar-refractivity contribution in [3.63, 3.8) is 0 Å². The molecule has 0 saturated carbocycles. The maximum Gasteiger partial charge on any atom is 0.303 e. The molecule has 0 radical (unpaired) electrons. The molecule has 2 rings (SSSR count). The van der Waals surface area contributed by atoms with E-state index in [0.717, 1.165) is 22.6 Å². The van der Waals surface area contributed by atoms with Gasteiger partial charge in [0.15, 0.2) is 11.5 Å². The summed E-state index contributed by atoms with van der Waals surface area (Å²) in [5.74, 6) is 0.678.